The average Bonchev–Trinajstić information content (AvgIpc) is 3.33. The van der Waals surface area contributed by atoms with Crippen LogP contribution in [0.4, 0.5) is 5.95 Å². The van der Waals surface area contributed by atoms with Gasteiger partial charge >= 0.3 is 0 Å². The Labute approximate surface area is 196 Å². The highest BCUT2D eigenvalue weighted by molar-refractivity contribution is 7.99. The van der Waals surface area contributed by atoms with E-state index in [-0.39, 0.29) is 17.0 Å². The number of hydrogen-bond donors (Lipinski definition) is 0. The summed E-state index contributed by atoms with van der Waals surface area (Å²) in [6.07, 6.45) is 0. The molecule has 3 heterocycles. The third-order valence-corrected chi connectivity index (χ3v) is 8.36. The molecule has 2 aromatic carbocycles. The van der Waals surface area contributed by atoms with E-state index in [2.05, 4.69) is 21.2 Å². The van der Waals surface area contributed by atoms with E-state index in [0.29, 0.717) is 37.2 Å². The van der Waals surface area contributed by atoms with Crippen LogP contribution in [-0.2, 0) is 14.8 Å². The second kappa shape index (κ2) is 8.81. The molecular weight excluding hydrogens is 462 g/mol. The standard InChI is InChI=1S/C22H23N5O4S2/c1-16-5-4-6-17(15-16)27-21(25-9-12-31-13-10-25)23-24-22(27)32-14-11-26-20(28)18-7-2-3-8-19(18)33(26,29)30/h2-8,15H,9-14H2,1H3. The Hall–Kier alpha value is -2.89. The largest absolute Gasteiger partial charge is 0.378 e. The van der Waals surface area contributed by atoms with Crippen LogP contribution in [0.1, 0.15) is 15.9 Å². The van der Waals surface area contributed by atoms with E-state index in [1.807, 2.05) is 29.7 Å². The zero-order valence-corrected chi connectivity index (χ0v) is 19.7. The van der Waals surface area contributed by atoms with E-state index in [4.69, 9.17) is 4.74 Å². The number of ether oxygens (including phenoxy) is 1. The number of sulfonamides is 1. The van der Waals surface area contributed by atoms with Crippen molar-refractivity contribution in [1.29, 1.82) is 0 Å². The maximum atomic E-state index is 12.8. The molecule has 172 valence electrons. The zero-order chi connectivity index (χ0) is 23.0. The van der Waals surface area contributed by atoms with Crippen molar-refractivity contribution < 1.29 is 17.9 Å². The Morgan fingerprint density at radius 2 is 1.85 bits per heavy atom. The number of carbonyl (C=O) groups excluding carboxylic acids is 1. The van der Waals surface area contributed by atoms with Gasteiger partial charge in [0.05, 0.1) is 24.5 Å². The maximum absolute atomic E-state index is 12.8. The van der Waals surface area contributed by atoms with Gasteiger partial charge in [0.15, 0.2) is 5.16 Å². The molecule has 0 spiro atoms. The molecule has 33 heavy (non-hydrogen) atoms. The second-order valence-electron chi connectivity index (χ2n) is 7.78. The van der Waals surface area contributed by atoms with Gasteiger partial charge in [-0.1, -0.05) is 36.0 Å². The summed E-state index contributed by atoms with van der Waals surface area (Å²) in [5.41, 5.74) is 2.26. The van der Waals surface area contributed by atoms with E-state index in [1.165, 1.54) is 17.8 Å². The summed E-state index contributed by atoms with van der Waals surface area (Å²) < 4.78 is 34.0. The van der Waals surface area contributed by atoms with Crippen LogP contribution < -0.4 is 4.90 Å². The molecule has 0 bridgehead atoms. The third kappa shape index (κ3) is 4.00. The van der Waals surface area contributed by atoms with Crippen molar-refractivity contribution in [1.82, 2.24) is 19.1 Å². The Bertz CT molecular complexity index is 1300. The normalized spacial score (nSPS) is 17.4. The van der Waals surface area contributed by atoms with Crippen molar-refractivity contribution in [2.45, 2.75) is 17.0 Å². The Balaban J connectivity index is 1.39. The summed E-state index contributed by atoms with van der Waals surface area (Å²) in [6.45, 7) is 4.75. The topological polar surface area (TPSA) is 97.6 Å². The molecule has 1 saturated heterocycles. The van der Waals surface area contributed by atoms with Gasteiger partial charge in [0, 0.05) is 25.4 Å². The molecule has 11 heteroatoms. The number of hydrogen-bond acceptors (Lipinski definition) is 8. The van der Waals surface area contributed by atoms with Gasteiger partial charge in [0.2, 0.25) is 5.95 Å². The minimum atomic E-state index is -3.82. The van der Waals surface area contributed by atoms with Crippen LogP contribution in [0.25, 0.3) is 5.69 Å². The van der Waals surface area contributed by atoms with Gasteiger partial charge in [-0.3, -0.25) is 9.36 Å². The molecule has 1 aromatic heterocycles. The number of carbonyl (C=O) groups is 1. The molecule has 0 radical (unpaired) electrons. The third-order valence-electron chi connectivity index (χ3n) is 5.61. The first-order chi connectivity index (χ1) is 16.0. The van der Waals surface area contributed by atoms with Crippen molar-refractivity contribution in [2.75, 3.05) is 43.5 Å². The molecule has 1 fully saturated rings. The lowest BCUT2D eigenvalue weighted by Crippen LogP contribution is -2.37. The van der Waals surface area contributed by atoms with Crippen molar-refractivity contribution >= 4 is 33.6 Å². The first-order valence-electron chi connectivity index (χ1n) is 10.6. The van der Waals surface area contributed by atoms with E-state index in [9.17, 15) is 13.2 Å². The minimum Gasteiger partial charge on any atom is -0.378 e. The first-order valence-corrected chi connectivity index (χ1v) is 13.0. The number of rotatable bonds is 6. The fourth-order valence-corrected chi connectivity index (χ4v) is 6.55. The average molecular weight is 486 g/mol. The number of benzene rings is 2. The first kappa shape index (κ1) is 21.9. The summed E-state index contributed by atoms with van der Waals surface area (Å²) in [5, 5.41) is 9.48. The molecule has 3 aromatic rings. The van der Waals surface area contributed by atoms with E-state index < -0.39 is 15.9 Å². The lowest BCUT2D eigenvalue weighted by Gasteiger charge is -2.28. The SMILES string of the molecule is Cc1cccc(-n2c(SCCN3C(=O)c4ccccc4S3(=O)=O)nnc2N2CCOCC2)c1. The molecular formula is C22H23N5O4S2. The van der Waals surface area contributed by atoms with E-state index >= 15 is 0 Å². The van der Waals surface area contributed by atoms with Crippen molar-refractivity contribution in [3.05, 3.63) is 59.7 Å². The molecule has 2 aliphatic heterocycles. The second-order valence-corrected chi connectivity index (χ2v) is 10.7. The molecule has 0 unspecified atom stereocenters. The zero-order valence-electron chi connectivity index (χ0n) is 18.0. The predicted octanol–water partition coefficient (Wildman–Crippen LogP) is 2.35. The highest BCUT2D eigenvalue weighted by Crippen LogP contribution is 2.32. The van der Waals surface area contributed by atoms with Crippen LogP contribution in [0, 0.1) is 6.92 Å². The fraction of sp³-hybridized carbons (Fsp3) is 0.318. The van der Waals surface area contributed by atoms with E-state index in [1.54, 1.807) is 18.2 Å². The lowest BCUT2D eigenvalue weighted by molar-refractivity contribution is 0.0876. The Kier molecular flexibility index (Phi) is 5.85. The number of aryl methyl sites for hydroxylation is 1. The van der Waals surface area contributed by atoms with Crippen molar-refractivity contribution in [3.63, 3.8) is 0 Å². The number of nitrogens with zero attached hydrogens (tertiary/aromatic N) is 5. The molecule has 2 aliphatic rings. The predicted molar refractivity (Wildman–Crippen MR) is 125 cm³/mol. The van der Waals surface area contributed by atoms with Gasteiger partial charge < -0.3 is 9.64 Å². The lowest BCUT2D eigenvalue weighted by atomic mass is 10.2. The number of amides is 1. The van der Waals surface area contributed by atoms with Crippen molar-refractivity contribution in [3.8, 4) is 5.69 Å². The summed E-state index contributed by atoms with van der Waals surface area (Å²) in [6, 6.07) is 14.4. The Morgan fingerprint density at radius 3 is 2.61 bits per heavy atom. The van der Waals surface area contributed by atoms with Crippen molar-refractivity contribution in [2.24, 2.45) is 0 Å². The van der Waals surface area contributed by atoms with E-state index in [0.717, 1.165) is 21.5 Å². The van der Waals surface area contributed by atoms with Gasteiger partial charge in [0.1, 0.15) is 4.90 Å². The molecule has 0 N–H and O–H groups in total. The van der Waals surface area contributed by atoms with Crippen LogP contribution in [0.3, 0.4) is 0 Å². The summed E-state index contributed by atoms with van der Waals surface area (Å²) in [7, 11) is -3.82. The van der Waals surface area contributed by atoms with Gasteiger partial charge in [-0.05, 0) is 36.8 Å². The van der Waals surface area contributed by atoms with Crippen LogP contribution in [-0.4, -0.2) is 72.0 Å². The van der Waals surface area contributed by atoms with Crippen LogP contribution in [0.2, 0.25) is 0 Å². The number of morpholine rings is 1. The summed E-state index contributed by atoms with van der Waals surface area (Å²) in [5.74, 6) is 0.593. The number of anilines is 1. The summed E-state index contributed by atoms with van der Waals surface area (Å²) in [4.78, 5) is 14.9. The number of thioether (sulfide) groups is 1. The van der Waals surface area contributed by atoms with Gasteiger partial charge in [0.25, 0.3) is 15.9 Å². The summed E-state index contributed by atoms with van der Waals surface area (Å²) >= 11 is 1.37. The molecule has 0 aliphatic carbocycles. The smallest absolute Gasteiger partial charge is 0.269 e. The van der Waals surface area contributed by atoms with Crippen LogP contribution in [0.5, 0.6) is 0 Å². The van der Waals surface area contributed by atoms with Gasteiger partial charge in [-0.15, -0.1) is 10.2 Å². The molecule has 0 saturated carbocycles. The molecule has 5 rings (SSSR count). The molecule has 0 atom stereocenters. The monoisotopic (exact) mass is 485 g/mol. The highest BCUT2D eigenvalue weighted by Gasteiger charge is 2.40. The molecule has 9 nitrogen and oxygen atoms in total. The number of fused-ring (bicyclic) bond motifs is 1. The van der Waals surface area contributed by atoms with Crippen LogP contribution in [0.15, 0.2) is 58.6 Å². The molecule has 1 amide bonds. The highest BCUT2D eigenvalue weighted by atomic mass is 32.2. The minimum absolute atomic E-state index is 0.0497. The Morgan fingerprint density at radius 1 is 1.06 bits per heavy atom. The van der Waals surface area contributed by atoms with Crippen LogP contribution >= 0.6 is 11.8 Å². The quantitative estimate of drug-likeness (QED) is 0.491. The fourth-order valence-electron chi connectivity index (χ4n) is 3.99. The number of aromatic nitrogens is 3. The maximum Gasteiger partial charge on any atom is 0.269 e. The van der Waals surface area contributed by atoms with Gasteiger partial charge in [-0.25, -0.2) is 12.7 Å². The van der Waals surface area contributed by atoms with Gasteiger partial charge in [-0.2, -0.15) is 0 Å².